The van der Waals surface area contributed by atoms with Crippen molar-refractivity contribution in [1.82, 2.24) is 9.55 Å². The van der Waals surface area contributed by atoms with Crippen LogP contribution >= 0.6 is 0 Å². The van der Waals surface area contributed by atoms with Crippen molar-refractivity contribution in [3.05, 3.63) is 53.6 Å². The second-order valence-electron chi connectivity index (χ2n) is 6.84. The van der Waals surface area contributed by atoms with Gasteiger partial charge in [0.05, 0.1) is 16.8 Å². The number of hydrogen-bond acceptors (Lipinski definition) is 2. The number of nitrogens with zero attached hydrogens (tertiary/aromatic N) is 3. The molecule has 2 aromatic heterocycles. The number of rotatable bonds is 4. The van der Waals surface area contributed by atoms with Crippen LogP contribution in [-0.2, 0) is 6.42 Å². The van der Waals surface area contributed by atoms with Gasteiger partial charge in [-0.1, -0.05) is 6.92 Å². The van der Waals surface area contributed by atoms with Crippen LogP contribution in [0, 0.1) is 23.1 Å². The number of hydrogen-bond donors (Lipinski definition) is 0. The largest absolute Gasteiger partial charge is 0.336 e. The van der Waals surface area contributed by atoms with Crippen LogP contribution in [0.1, 0.15) is 43.9 Å². The normalized spacial score (nSPS) is 15.3. The third-order valence-electron chi connectivity index (χ3n) is 5.31. The predicted octanol–water partition coefficient (Wildman–Crippen LogP) is 5.25. The van der Waals surface area contributed by atoms with Crippen LogP contribution in [0.5, 0.6) is 0 Å². The van der Waals surface area contributed by atoms with E-state index in [2.05, 4.69) is 22.5 Å². The van der Waals surface area contributed by atoms with Gasteiger partial charge in [-0.3, -0.25) is 4.98 Å². The second-order valence-corrected chi connectivity index (χ2v) is 6.84. The van der Waals surface area contributed by atoms with Crippen LogP contribution in [0.15, 0.2) is 36.7 Å². The van der Waals surface area contributed by atoms with E-state index in [9.17, 15) is 9.65 Å². The molecule has 0 bridgehead atoms. The average Bonchev–Trinajstić information content (AvgIpc) is 3.43. The summed E-state index contributed by atoms with van der Waals surface area (Å²) in [6, 6.07) is 9.89. The van der Waals surface area contributed by atoms with Crippen molar-refractivity contribution in [3.63, 3.8) is 0 Å². The Morgan fingerprint density at radius 1 is 1.40 bits per heavy atom. The Balaban J connectivity index is 2.11. The van der Waals surface area contributed by atoms with Crippen LogP contribution in [0.3, 0.4) is 0 Å². The predicted molar refractivity (Wildman–Crippen MR) is 96.7 cm³/mol. The van der Waals surface area contributed by atoms with Crippen molar-refractivity contribution < 1.29 is 4.39 Å². The summed E-state index contributed by atoms with van der Waals surface area (Å²) in [6.07, 6.45) is 6.55. The minimum absolute atomic E-state index is 0.236. The zero-order chi connectivity index (χ0) is 17.6. The van der Waals surface area contributed by atoms with Gasteiger partial charge in [0, 0.05) is 29.4 Å². The highest BCUT2D eigenvalue weighted by atomic mass is 19.1. The number of nitriles is 1. The zero-order valence-electron chi connectivity index (χ0n) is 14.5. The molecular weight excluding hydrogens is 313 g/mol. The lowest BCUT2D eigenvalue weighted by molar-refractivity contribution is 0.504. The fourth-order valence-electron chi connectivity index (χ4n) is 3.76. The molecule has 3 nitrogen and oxygen atoms in total. The molecule has 1 atom stereocenters. The van der Waals surface area contributed by atoms with Crippen LogP contribution < -0.4 is 0 Å². The molecule has 0 N–H and O–H groups in total. The standard InChI is InChI=1S/C21H20FN3/c1-3-14-9-20-17(10-19(14)22)18(11-23)21(16-5-4-8-24-12-16)25(20)13(2)15-6-7-15/h4-5,8-10,12-13,15H,3,6-7H2,1-2H3/t13-/m0/s1. The molecule has 0 saturated heterocycles. The Morgan fingerprint density at radius 2 is 2.20 bits per heavy atom. The molecule has 1 fully saturated rings. The average molecular weight is 333 g/mol. The maximum Gasteiger partial charge on any atom is 0.127 e. The van der Waals surface area contributed by atoms with Gasteiger partial charge in [0.25, 0.3) is 0 Å². The molecule has 4 rings (SSSR count). The molecule has 1 aliphatic rings. The fraction of sp³-hybridized carbons (Fsp3) is 0.333. The first kappa shape index (κ1) is 15.8. The number of aromatic nitrogens is 2. The van der Waals surface area contributed by atoms with E-state index in [4.69, 9.17) is 0 Å². The van der Waals surface area contributed by atoms with Crippen molar-refractivity contribution in [2.75, 3.05) is 0 Å². The van der Waals surface area contributed by atoms with Crippen molar-refractivity contribution >= 4 is 10.9 Å². The number of benzene rings is 1. The van der Waals surface area contributed by atoms with E-state index in [1.165, 1.54) is 18.9 Å². The zero-order valence-corrected chi connectivity index (χ0v) is 14.5. The molecular formula is C21H20FN3. The maximum absolute atomic E-state index is 14.4. The van der Waals surface area contributed by atoms with E-state index < -0.39 is 0 Å². The number of fused-ring (bicyclic) bond motifs is 1. The quantitative estimate of drug-likeness (QED) is 0.654. The lowest BCUT2D eigenvalue weighted by Gasteiger charge is -2.19. The van der Waals surface area contributed by atoms with E-state index in [0.29, 0.717) is 28.9 Å². The monoisotopic (exact) mass is 333 g/mol. The van der Waals surface area contributed by atoms with Crippen LogP contribution in [0.4, 0.5) is 4.39 Å². The molecule has 0 aliphatic heterocycles. The van der Waals surface area contributed by atoms with Crippen molar-refractivity contribution in [2.45, 2.75) is 39.2 Å². The first-order valence-corrected chi connectivity index (χ1v) is 8.82. The minimum Gasteiger partial charge on any atom is -0.336 e. The van der Waals surface area contributed by atoms with Gasteiger partial charge in [0.1, 0.15) is 11.9 Å². The summed E-state index contributed by atoms with van der Waals surface area (Å²) in [7, 11) is 0. The lowest BCUT2D eigenvalue weighted by atomic mass is 10.1. The highest BCUT2D eigenvalue weighted by Crippen LogP contribution is 2.45. The van der Waals surface area contributed by atoms with Gasteiger partial charge in [-0.05, 0) is 61.9 Å². The van der Waals surface area contributed by atoms with Crippen molar-refractivity contribution in [3.8, 4) is 17.3 Å². The van der Waals surface area contributed by atoms with Gasteiger partial charge in [-0.15, -0.1) is 0 Å². The summed E-state index contributed by atoms with van der Waals surface area (Å²) < 4.78 is 16.7. The van der Waals surface area contributed by atoms with Crippen LogP contribution in [0.2, 0.25) is 0 Å². The van der Waals surface area contributed by atoms with Gasteiger partial charge in [0.15, 0.2) is 0 Å². The Morgan fingerprint density at radius 3 is 2.80 bits per heavy atom. The third-order valence-corrected chi connectivity index (χ3v) is 5.31. The first-order valence-electron chi connectivity index (χ1n) is 8.82. The Kier molecular flexibility index (Phi) is 3.80. The number of halogens is 1. The summed E-state index contributed by atoms with van der Waals surface area (Å²) >= 11 is 0. The Hall–Kier alpha value is -2.67. The first-order chi connectivity index (χ1) is 12.2. The molecule has 1 saturated carbocycles. The lowest BCUT2D eigenvalue weighted by Crippen LogP contribution is -2.09. The molecule has 0 unspecified atom stereocenters. The van der Waals surface area contributed by atoms with E-state index in [1.807, 2.05) is 25.1 Å². The van der Waals surface area contributed by atoms with Gasteiger partial charge < -0.3 is 4.57 Å². The van der Waals surface area contributed by atoms with E-state index >= 15 is 0 Å². The smallest absolute Gasteiger partial charge is 0.127 e. The summed E-state index contributed by atoms with van der Waals surface area (Å²) in [6.45, 7) is 4.15. The summed E-state index contributed by atoms with van der Waals surface area (Å²) in [5.74, 6) is 0.383. The SMILES string of the molecule is CCc1cc2c(cc1F)c(C#N)c(-c1cccnc1)n2[C@@H](C)C1CC1. The minimum atomic E-state index is -0.236. The van der Waals surface area contributed by atoms with Crippen LogP contribution in [-0.4, -0.2) is 9.55 Å². The van der Waals surface area contributed by atoms with Crippen molar-refractivity contribution in [2.24, 2.45) is 5.92 Å². The highest BCUT2D eigenvalue weighted by Gasteiger charge is 2.33. The molecule has 0 radical (unpaired) electrons. The highest BCUT2D eigenvalue weighted by molar-refractivity contribution is 5.95. The Bertz CT molecular complexity index is 978. The molecule has 0 spiro atoms. The molecule has 4 heteroatoms. The number of pyridine rings is 1. The molecule has 1 aliphatic carbocycles. The fourth-order valence-corrected chi connectivity index (χ4v) is 3.76. The maximum atomic E-state index is 14.4. The molecule has 25 heavy (non-hydrogen) atoms. The molecule has 0 amide bonds. The summed E-state index contributed by atoms with van der Waals surface area (Å²) in [5.41, 5.74) is 3.94. The van der Waals surface area contributed by atoms with Gasteiger partial charge in [-0.25, -0.2) is 4.39 Å². The van der Waals surface area contributed by atoms with E-state index in [1.54, 1.807) is 12.4 Å². The molecule has 1 aromatic carbocycles. The topological polar surface area (TPSA) is 41.6 Å². The molecule has 126 valence electrons. The van der Waals surface area contributed by atoms with E-state index in [0.717, 1.165) is 16.8 Å². The molecule has 3 aromatic rings. The Labute approximate surface area is 146 Å². The summed E-state index contributed by atoms with van der Waals surface area (Å²) in [4.78, 5) is 4.22. The van der Waals surface area contributed by atoms with Gasteiger partial charge in [0.2, 0.25) is 0 Å². The molecule has 2 heterocycles. The summed E-state index contributed by atoms with van der Waals surface area (Å²) in [5, 5.41) is 10.5. The van der Waals surface area contributed by atoms with Gasteiger partial charge >= 0.3 is 0 Å². The van der Waals surface area contributed by atoms with Crippen molar-refractivity contribution in [1.29, 1.82) is 5.26 Å². The third kappa shape index (κ3) is 2.51. The van der Waals surface area contributed by atoms with Crippen LogP contribution in [0.25, 0.3) is 22.2 Å². The van der Waals surface area contributed by atoms with Gasteiger partial charge in [-0.2, -0.15) is 5.26 Å². The number of aryl methyl sites for hydroxylation is 1. The van der Waals surface area contributed by atoms with E-state index in [-0.39, 0.29) is 11.9 Å². The second kappa shape index (κ2) is 6.00.